The molecule has 10 nitrogen and oxygen atoms in total. The number of amides is 1. The number of carbonyl (C=O) groups excluding carboxylic acids is 1. The van der Waals surface area contributed by atoms with Crippen LogP contribution in [0.5, 0.6) is 0 Å². The average molecular weight is 368 g/mol. The van der Waals surface area contributed by atoms with Crippen LogP contribution in [0.1, 0.15) is 10.5 Å². The number of hydrogen-bond donors (Lipinski definition) is 1. The van der Waals surface area contributed by atoms with Gasteiger partial charge in [0.05, 0.1) is 12.7 Å². The molecule has 1 N–H and O–H groups in total. The molecule has 3 atom stereocenters. The van der Waals surface area contributed by atoms with Crippen LogP contribution in [-0.2, 0) is 11.8 Å². The number of nitrogens with zero attached hydrogens (tertiary/aromatic N) is 7. The predicted molar refractivity (Wildman–Crippen MR) is 95.3 cm³/mol. The fraction of sp³-hybridized carbons (Fsp3) is 0.471. The number of aryl methyl sites for hydroxylation is 1. The highest BCUT2D eigenvalue weighted by atomic mass is 16.5. The van der Waals surface area contributed by atoms with E-state index >= 15 is 0 Å². The lowest BCUT2D eigenvalue weighted by atomic mass is 9.93. The van der Waals surface area contributed by atoms with Gasteiger partial charge in [0.1, 0.15) is 17.8 Å². The Morgan fingerprint density at radius 1 is 1.33 bits per heavy atom. The van der Waals surface area contributed by atoms with Gasteiger partial charge in [-0.25, -0.2) is 0 Å². The van der Waals surface area contributed by atoms with Crippen LogP contribution >= 0.6 is 0 Å². The Kier molecular flexibility index (Phi) is 3.78. The Hall–Kier alpha value is -3.01. The Bertz CT molecular complexity index is 982. The largest absolute Gasteiger partial charge is 0.376 e. The van der Waals surface area contributed by atoms with Crippen LogP contribution in [0.25, 0.3) is 5.65 Å². The van der Waals surface area contributed by atoms with E-state index in [0.717, 1.165) is 24.6 Å². The molecule has 5 heterocycles. The number of nitrogens with one attached hydrogen (secondary N) is 1. The van der Waals surface area contributed by atoms with E-state index in [2.05, 4.69) is 30.6 Å². The third-order valence-electron chi connectivity index (χ3n) is 5.49. The summed E-state index contributed by atoms with van der Waals surface area (Å²) in [5, 5.41) is 19.5. The molecule has 140 valence electrons. The second kappa shape index (κ2) is 6.31. The highest BCUT2D eigenvalue weighted by molar-refractivity contribution is 5.92. The maximum Gasteiger partial charge on any atom is 0.269 e. The maximum atomic E-state index is 12.3. The molecule has 27 heavy (non-hydrogen) atoms. The number of hydrogen-bond acceptors (Lipinski definition) is 7. The van der Waals surface area contributed by atoms with Gasteiger partial charge in [0.2, 0.25) is 0 Å². The first kappa shape index (κ1) is 16.2. The minimum absolute atomic E-state index is 0.104. The molecule has 0 spiro atoms. The lowest BCUT2D eigenvalue weighted by Crippen LogP contribution is -2.35. The summed E-state index contributed by atoms with van der Waals surface area (Å²) in [6.45, 7) is 2.93. The zero-order valence-corrected chi connectivity index (χ0v) is 14.9. The summed E-state index contributed by atoms with van der Waals surface area (Å²) in [4.78, 5) is 14.5. The smallest absolute Gasteiger partial charge is 0.269 e. The van der Waals surface area contributed by atoms with Crippen molar-refractivity contribution in [1.82, 2.24) is 34.9 Å². The molecule has 2 saturated heterocycles. The normalized spacial score (nSPS) is 24.5. The molecule has 0 radical (unpaired) electrons. The molecule has 5 rings (SSSR count). The van der Waals surface area contributed by atoms with Crippen molar-refractivity contribution in [3.05, 3.63) is 36.4 Å². The van der Waals surface area contributed by atoms with E-state index in [1.54, 1.807) is 34.8 Å². The molecular formula is C17H20N8O2. The molecule has 3 aromatic rings. The maximum absolute atomic E-state index is 12.3. The summed E-state index contributed by atoms with van der Waals surface area (Å²) < 4.78 is 9.24. The van der Waals surface area contributed by atoms with Gasteiger partial charge in [-0.3, -0.25) is 9.48 Å². The molecule has 10 heteroatoms. The first-order valence-corrected chi connectivity index (χ1v) is 8.99. The third-order valence-corrected chi connectivity index (χ3v) is 5.49. The number of fused-ring (bicyclic) bond motifs is 2. The second-order valence-electron chi connectivity index (χ2n) is 7.08. The van der Waals surface area contributed by atoms with Gasteiger partial charge in [0.25, 0.3) is 5.91 Å². The minimum atomic E-state index is -0.104. The van der Waals surface area contributed by atoms with Crippen molar-refractivity contribution in [3.8, 4) is 0 Å². The van der Waals surface area contributed by atoms with Gasteiger partial charge in [-0.05, 0) is 18.2 Å². The number of ether oxygens (including phenoxy) is 1. The molecule has 0 aromatic carbocycles. The van der Waals surface area contributed by atoms with Crippen LogP contribution in [0.2, 0.25) is 0 Å². The molecule has 2 aliphatic rings. The lowest BCUT2D eigenvalue weighted by molar-refractivity contribution is 0.0930. The zero-order valence-electron chi connectivity index (χ0n) is 14.9. The van der Waals surface area contributed by atoms with E-state index in [4.69, 9.17) is 4.74 Å². The molecule has 0 saturated carbocycles. The van der Waals surface area contributed by atoms with Gasteiger partial charge < -0.3 is 15.0 Å². The molecule has 0 bridgehead atoms. The first-order chi connectivity index (χ1) is 13.2. The Morgan fingerprint density at radius 2 is 2.26 bits per heavy atom. The zero-order chi connectivity index (χ0) is 18.4. The van der Waals surface area contributed by atoms with Gasteiger partial charge in [-0.15, -0.1) is 15.3 Å². The van der Waals surface area contributed by atoms with Crippen LogP contribution < -0.4 is 10.2 Å². The van der Waals surface area contributed by atoms with E-state index in [-0.39, 0.29) is 17.9 Å². The topological polar surface area (TPSA) is 102 Å². The quantitative estimate of drug-likeness (QED) is 0.677. The van der Waals surface area contributed by atoms with Crippen molar-refractivity contribution >= 4 is 17.4 Å². The summed E-state index contributed by atoms with van der Waals surface area (Å²) in [6.07, 6.45) is 3.39. The van der Waals surface area contributed by atoms with E-state index in [1.807, 2.05) is 12.1 Å². The monoisotopic (exact) mass is 368 g/mol. The Balaban J connectivity index is 1.24. The van der Waals surface area contributed by atoms with Gasteiger partial charge in [-0.2, -0.15) is 9.61 Å². The van der Waals surface area contributed by atoms with Gasteiger partial charge in [0.15, 0.2) is 5.65 Å². The first-order valence-electron chi connectivity index (χ1n) is 8.99. The summed E-state index contributed by atoms with van der Waals surface area (Å²) in [5.74, 6) is 1.44. The van der Waals surface area contributed by atoms with Crippen LogP contribution in [0.3, 0.4) is 0 Å². The molecule has 3 aromatic heterocycles. The molecule has 0 unspecified atom stereocenters. The molecule has 2 aliphatic heterocycles. The lowest BCUT2D eigenvalue weighted by Gasteiger charge is -2.20. The van der Waals surface area contributed by atoms with Crippen molar-refractivity contribution in [2.45, 2.75) is 6.10 Å². The number of rotatable bonds is 4. The minimum Gasteiger partial charge on any atom is -0.376 e. The van der Waals surface area contributed by atoms with Crippen molar-refractivity contribution < 1.29 is 9.53 Å². The van der Waals surface area contributed by atoms with Crippen molar-refractivity contribution in [2.75, 3.05) is 31.1 Å². The number of carbonyl (C=O) groups is 1. The highest BCUT2D eigenvalue weighted by Gasteiger charge is 2.44. The fourth-order valence-electron chi connectivity index (χ4n) is 3.99. The summed E-state index contributed by atoms with van der Waals surface area (Å²) in [5.41, 5.74) is 1.29. The molecule has 0 aliphatic carbocycles. The van der Waals surface area contributed by atoms with Gasteiger partial charge >= 0.3 is 0 Å². The van der Waals surface area contributed by atoms with E-state index in [0.29, 0.717) is 24.8 Å². The number of anilines is 1. The summed E-state index contributed by atoms with van der Waals surface area (Å²) in [6, 6.07) is 5.59. The summed E-state index contributed by atoms with van der Waals surface area (Å²) >= 11 is 0. The van der Waals surface area contributed by atoms with Crippen LogP contribution in [0.4, 0.5) is 5.82 Å². The van der Waals surface area contributed by atoms with Gasteiger partial charge in [0, 0.05) is 44.7 Å². The standard InChI is InChI=1S/C17H20N8O2/c1-23-13(4-5-20-23)17(26)18-6-11-9-27-14-8-24(7-12(11)14)16-3-2-15-21-19-10-25(15)22-16/h2-5,10-12,14H,6-9H2,1H3,(H,18,26)/t11-,12+,14+/m0/s1. The average Bonchev–Trinajstić information content (AvgIpc) is 3.43. The van der Waals surface area contributed by atoms with E-state index in [9.17, 15) is 4.79 Å². The predicted octanol–water partition coefficient (Wildman–Crippen LogP) is -0.261. The van der Waals surface area contributed by atoms with Crippen LogP contribution in [-0.4, -0.2) is 67.8 Å². The van der Waals surface area contributed by atoms with E-state index in [1.165, 1.54) is 0 Å². The Labute approximate surface area is 155 Å². The number of aromatic nitrogens is 6. The van der Waals surface area contributed by atoms with Crippen molar-refractivity contribution in [2.24, 2.45) is 18.9 Å². The van der Waals surface area contributed by atoms with Crippen LogP contribution in [0, 0.1) is 11.8 Å². The highest BCUT2D eigenvalue weighted by Crippen LogP contribution is 2.35. The fourth-order valence-corrected chi connectivity index (χ4v) is 3.99. The SMILES string of the molecule is Cn1nccc1C(=O)NC[C@H]1CO[C@@H]2CN(c3ccc4nncn4n3)C[C@H]12. The van der Waals surface area contributed by atoms with E-state index < -0.39 is 0 Å². The molecule has 2 fully saturated rings. The second-order valence-corrected chi connectivity index (χ2v) is 7.08. The third kappa shape index (κ3) is 2.81. The van der Waals surface area contributed by atoms with Crippen LogP contribution in [0.15, 0.2) is 30.7 Å². The molecular weight excluding hydrogens is 348 g/mol. The van der Waals surface area contributed by atoms with Gasteiger partial charge in [-0.1, -0.05) is 0 Å². The van der Waals surface area contributed by atoms with Crippen molar-refractivity contribution in [3.63, 3.8) is 0 Å². The summed E-state index contributed by atoms with van der Waals surface area (Å²) in [7, 11) is 1.76. The Morgan fingerprint density at radius 3 is 3.11 bits per heavy atom. The molecule has 1 amide bonds. The van der Waals surface area contributed by atoms with Crippen molar-refractivity contribution in [1.29, 1.82) is 0 Å².